The quantitative estimate of drug-likeness (QED) is 0.262. The highest BCUT2D eigenvalue weighted by Gasteiger charge is 2.08. The molecular formula is C27H18BrN3. The van der Waals surface area contributed by atoms with Crippen LogP contribution < -0.4 is 0 Å². The molecule has 0 N–H and O–H groups in total. The van der Waals surface area contributed by atoms with Crippen LogP contribution >= 0.6 is 15.9 Å². The summed E-state index contributed by atoms with van der Waals surface area (Å²) in [6.45, 7) is 0. The maximum absolute atomic E-state index is 4.69. The van der Waals surface area contributed by atoms with Gasteiger partial charge in [-0.25, -0.2) is 4.98 Å². The normalized spacial score (nSPS) is 10.7. The van der Waals surface area contributed by atoms with Crippen molar-refractivity contribution < 1.29 is 0 Å². The number of hydrogen-bond donors (Lipinski definition) is 0. The maximum atomic E-state index is 4.69. The number of nitrogens with zero attached hydrogens (tertiary/aromatic N) is 3. The van der Waals surface area contributed by atoms with Crippen LogP contribution in [0.5, 0.6) is 0 Å². The van der Waals surface area contributed by atoms with Gasteiger partial charge in [0.15, 0.2) is 0 Å². The van der Waals surface area contributed by atoms with Crippen LogP contribution in [0.4, 0.5) is 0 Å². The molecule has 0 fully saturated rings. The highest BCUT2D eigenvalue weighted by molar-refractivity contribution is 9.10. The third-order valence-corrected chi connectivity index (χ3v) is 5.52. The zero-order valence-electron chi connectivity index (χ0n) is 16.6. The van der Waals surface area contributed by atoms with Crippen LogP contribution in [0.2, 0.25) is 0 Å². The Bertz CT molecular complexity index is 1200. The second-order valence-electron chi connectivity index (χ2n) is 7.15. The molecule has 31 heavy (non-hydrogen) atoms. The molecule has 0 saturated heterocycles. The second-order valence-corrected chi connectivity index (χ2v) is 7.96. The lowest BCUT2D eigenvalue weighted by Crippen LogP contribution is -1.89. The predicted molar refractivity (Wildman–Crippen MR) is 129 cm³/mol. The van der Waals surface area contributed by atoms with E-state index in [0.29, 0.717) is 0 Å². The molecule has 3 heterocycles. The Morgan fingerprint density at radius 1 is 0.452 bits per heavy atom. The van der Waals surface area contributed by atoms with Gasteiger partial charge in [0, 0.05) is 29.1 Å². The lowest BCUT2D eigenvalue weighted by Gasteiger charge is -2.09. The van der Waals surface area contributed by atoms with Crippen LogP contribution in [-0.2, 0) is 0 Å². The van der Waals surface area contributed by atoms with Crippen molar-refractivity contribution in [2.45, 2.75) is 0 Å². The summed E-state index contributed by atoms with van der Waals surface area (Å²) in [5.41, 5.74) is 8.35. The van der Waals surface area contributed by atoms with Crippen molar-refractivity contribution in [1.82, 2.24) is 15.0 Å². The van der Waals surface area contributed by atoms with E-state index in [4.69, 9.17) is 0 Å². The first-order valence-electron chi connectivity index (χ1n) is 9.97. The topological polar surface area (TPSA) is 38.7 Å². The molecule has 0 unspecified atom stereocenters. The van der Waals surface area contributed by atoms with Crippen molar-refractivity contribution in [3.05, 3.63) is 114 Å². The zero-order valence-corrected chi connectivity index (χ0v) is 18.2. The lowest BCUT2D eigenvalue weighted by molar-refractivity contribution is 1.28. The molecule has 0 amide bonds. The fourth-order valence-corrected chi connectivity index (χ4v) is 3.96. The molecule has 0 spiro atoms. The number of benzene rings is 2. The Kier molecular flexibility index (Phi) is 5.38. The van der Waals surface area contributed by atoms with Crippen LogP contribution in [0.15, 0.2) is 114 Å². The van der Waals surface area contributed by atoms with Crippen molar-refractivity contribution in [1.29, 1.82) is 0 Å². The molecule has 0 saturated carbocycles. The lowest BCUT2D eigenvalue weighted by atomic mass is 10.0. The number of aromatic nitrogens is 3. The van der Waals surface area contributed by atoms with Gasteiger partial charge in [-0.2, -0.15) is 0 Å². The first-order valence-corrected chi connectivity index (χ1v) is 10.8. The van der Waals surface area contributed by atoms with Gasteiger partial charge in [-0.15, -0.1) is 0 Å². The van der Waals surface area contributed by atoms with Crippen molar-refractivity contribution >= 4 is 15.9 Å². The van der Waals surface area contributed by atoms with Crippen LogP contribution in [0, 0.1) is 0 Å². The molecule has 3 nitrogen and oxygen atoms in total. The minimum absolute atomic E-state index is 0.808. The van der Waals surface area contributed by atoms with Crippen LogP contribution in [0.1, 0.15) is 0 Å². The molecule has 0 bridgehead atoms. The number of pyridine rings is 3. The van der Waals surface area contributed by atoms with Crippen molar-refractivity contribution in [2.75, 3.05) is 0 Å². The molecule has 2 aromatic carbocycles. The van der Waals surface area contributed by atoms with E-state index < -0.39 is 0 Å². The summed E-state index contributed by atoms with van der Waals surface area (Å²) < 4.78 is 0.808. The van der Waals surface area contributed by atoms with E-state index in [1.807, 2.05) is 54.9 Å². The largest absolute Gasteiger partial charge is 0.256 e. The first-order chi connectivity index (χ1) is 15.3. The molecule has 4 heteroatoms. The smallest absolute Gasteiger partial charge is 0.107 e. The zero-order chi connectivity index (χ0) is 21.0. The Morgan fingerprint density at radius 2 is 0.935 bits per heavy atom. The van der Waals surface area contributed by atoms with Gasteiger partial charge in [-0.05, 0) is 63.5 Å². The summed E-state index contributed by atoms with van der Waals surface area (Å²) in [6.07, 6.45) is 3.62. The molecule has 148 valence electrons. The number of rotatable bonds is 4. The molecule has 0 atom stereocenters. The standard InChI is InChI=1S/C27H18BrN3/c28-27-18-23(19-7-9-20(10-8-19)24-5-1-3-15-29-24)17-26(31-27)22-13-11-21(12-14-22)25-6-2-4-16-30-25/h1-18H. The summed E-state index contributed by atoms with van der Waals surface area (Å²) >= 11 is 3.58. The van der Waals surface area contributed by atoms with E-state index in [1.54, 1.807) is 0 Å². The monoisotopic (exact) mass is 463 g/mol. The summed E-state index contributed by atoms with van der Waals surface area (Å²) in [5, 5.41) is 0. The van der Waals surface area contributed by atoms with E-state index in [9.17, 15) is 0 Å². The molecule has 5 rings (SSSR count). The molecule has 5 aromatic rings. The highest BCUT2D eigenvalue weighted by atomic mass is 79.9. The summed E-state index contributed by atoms with van der Waals surface area (Å²) in [5.74, 6) is 0. The summed E-state index contributed by atoms with van der Waals surface area (Å²) in [4.78, 5) is 13.5. The fourth-order valence-electron chi connectivity index (χ4n) is 3.52. The Balaban J connectivity index is 1.45. The molecule has 0 radical (unpaired) electrons. The van der Waals surface area contributed by atoms with Gasteiger partial charge >= 0.3 is 0 Å². The second kappa shape index (κ2) is 8.62. The van der Waals surface area contributed by atoms with E-state index in [2.05, 4.69) is 85.5 Å². The number of halogens is 1. The van der Waals surface area contributed by atoms with Gasteiger partial charge in [-0.3, -0.25) is 9.97 Å². The van der Waals surface area contributed by atoms with Gasteiger partial charge in [0.05, 0.1) is 17.1 Å². The van der Waals surface area contributed by atoms with Gasteiger partial charge < -0.3 is 0 Å². The Hall–Kier alpha value is -3.63. The first kappa shape index (κ1) is 19.3. The highest BCUT2D eigenvalue weighted by Crippen LogP contribution is 2.30. The van der Waals surface area contributed by atoms with E-state index in [-0.39, 0.29) is 0 Å². The summed E-state index contributed by atoms with van der Waals surface area (Å²) in [6, 6.07) is 32.9. The van der Waals surface area contributed by atoms with E-state index in [0.717, 1.165) is 49.5 Å². The fraction of sp³-hybridized carbons (Fsp3) is 0. The summed E-state index contributed by atoms with van der Waals surface area (Å²) in [7, 11) is 0. The molecule has 0 aliphatic rings. The average molecular weight is 464 g/mol. The van der Waals surface area contributed by atoms with Crippen LogP contribution in [0.25, 0.3) is 44.9 Å². The third-order valence-electron chi connectivity index (χ3n) is 5.11. The minimum Gasteiger partial charge on any atom is -0.256 e. The SMILES string of the molecule is Brc1cc(-c2ccc(-c3ccccn3)cc2)cc(-c2ccc(-c3ccccn3)cc2)n1. The number of hydrogen-bond acceptors (Lipinski definition) is 3. The molecule has 0 aliphatic carbocycles. The molecule has 0 aliphatic heterocycles. The third kappa shape index (κ3) is 4.30. The van der Waals surface area contributed by atoms with E-state index in [1.165, 1.54) is 0 Å². The Labute approximate surface area is 189 Å². The van der Waals surface area contributed by atoms with Crippen LogP contribution in [0.3, 0.4) is 0 Å². The Morgan fingerprint density at radius 3 is 1.42 bits per heavy atom. The maximum Gasteiger partial charge on any atom is 0.107 e. The van der Waals surface area contributed by atoms with Gasteiger partial charge in [0.1, 0.15) is 4.60 Å². The minimum atomic E-state index is 0.808. The predicted octanol–water partition coefficient (Wildman–Crippen LogP) is 7.30. The van der Waals surface area contributed by atoms with Gasteiger partial charge in [0.2, 0.25) is 0 Å². The average Bonchev–Trinajstić information content (AvgIpc) is 2.85. The van der Waals surface area contributed by atoms with E-state index >= 15 is 0 Å². The van der Waals surface area contributed by atoms with Gasteiger partial charge in [-0.1, -0.05) is 60.7 Å². The van der Waals surface area contributed by atoms with Crippen molar-refractivity contribution in [2.24, 2.45) is 0 Å². The van der Waals surface area contributed by atoms with Crippen molar-refractivity contribution in [3.8, 4) is 44.9 Å². The van der Waals surface area contributed by atoms with Gasteiger partial charge in [0.25, 0.3) is 0 Å². The molecule has 3 aromatic heterocycles. The molecular weight excluding hydrogens is 446 g/mol. The van der Waals surface area contributed by atoms with Crippen molar-refractivity contribution in [3.63, 3.8) is 0 Å². The van der Waals surface area contributed by atoms with Crippen LogP contribution in [-0.4, -0.2) is 15.0 Å².